The Morgan fingerprint density at radius 3 is 2.69 bits per heavy atom. The van der Waals surface area contributed by atoms with Crippen LogP contribution in [0.4, 0.5) is 4.39 Å². The Morgan fingerprint density at radius 2 is 2.19 bits per heavy atom. The van der Waals surface area contributed by atoms with Gasteiger partial charge in [0.2, 0.25) is 0 Å². The average molecular weight is 242 g/mol. The van der Waals surface area contributed by atoms with Gasteiger partial charge in [0.25, 0.3) is 0 Å². The fourth-order valence-electron chi connectivity index (χ4n) is 1.59. The number of hydrogen-bond acceptors (Lipinski definition) is 1. The van der Waals surface area contributed by atoms with Crippen LogP contribution in [0.2, 0.25) is 5.02 Å². The molecule has 0 radical (unpaired) electrons. The molecule has 0 aliphatic rings. The summed E-state index contributed by atoms with van der Waals surface area (Å²) in [7, 11) is 1.86. The van der Waals surface area contributed by atoms with E-state index in [9.17, 15) is 4.39 Å². The normalized spacial score (nSPS) is 12.3. The molecule has 0 fully saturated rings. The van der Waals surface area contributed by atoms with E-state index in [-0.39, 0.29) is 11.9 Å². The summed E-state index contributed by atoms with van der Waals surface area (Å²) in [6.07, 6.45) is 2.63. The van der Waals surface area contributed by atoms with Crippen molar-refractivity contribution in [2.45, 2.75) is 26.3 Å². The number of rotatable bonds is 4. The van der Waals surface area contributed by atoms with Crippen molar-refractivity contribution in [2.75, 3.05) is 7.05 Å². The Bertz CT molecular complexity index is 363. The van der Waals surface area contributed by atoms with Gasteiger partial charge in [-0.2, -0.15) is 0 Å². The second-order valence-electron chi connectivity index (χ2n) is 4.04. The van der Waals surface area contributed by atoms with Gasteiger partial charge in [-0.3, -0.25) is 0 Å². The molecule has 0 aliphatic carbocycles. The molecule has 1 rings (SSSR count). The third kappa shape index (κ3) is 3.62. The fraction of sp³-hybridized carbons (Fsp3) is 0.385. The van der Waals surface area contributed by atoms with E-state index in [0.717, 1.165) is 0 Å². The molecule has 3 heteroatoms. The van der Waals surface area contributed by atoms with E-state index >= 15 is 0 Å². The van der Waals surface area contributed by atoms with E-state index in [1.165, 1.54) is 11.6 Å². The van der Waals surface area contributed by atoms with Crippen molar-refractivity contribution in [2.24, 2.45) is 0 Å². The first-order chi connectivity index (χ1) is 7.54. The number of allylic oxidation sites excluding steroid dienone is 1. The van der Waals surface area contributed by atoms with Crippen LogP contribution < -0.4 is 5.32 Å². The maximum absolute atomic E-state index is 13.6. The molecular formula is C13H17ClFN. The molecule has 1 nitrogen and oxygen atoms in total. The van der Waals surface area contributed by atoms with E-state index in [1.54, 1.807) is 12.1 Å². The van der Waals surface area contributed by atoms with Crippen molar-refractivity contribution in [3.8, 4) is 0 Å². The van der Waals surface area contributed by atoms with Crippen LogP contribution in [0, 0.1) is 5.82 Å². The van der Waals surface area contributed by atoms with E-state index < -0.39 is 0 Å². The van der Waals surface area contributed by atoms with Crippen LogP contribution in [0.3, 0.4) is 0 Å². The Kier molecular flexibility index (Phi) is 4.97. The molecule has 88 valence electrons. The SMILES string of the molecule is CNC(C=C(C)C)Cc1c(F)cccc1Cl. The first-order valence-corrected chi connectivity index (χ1v) is 5.67. The van der Waals surface area contributed by atoms with Gasteiger partial charge in [0.05, 0.1) is 0 Å². The zero-order chi connectivity index (χ0) is 12.1. The molecule has 0 amide bonds. The van der Waals surface area contributed by atoms with Crippen molar-refractivity contribution in [3.63, 3.8) is 0 Å². The van der Waals surface area contributed by atoms with Gasteiger partial charge in [-0.05, 0) is 39.4 Å². The highest BCUT2D eigenvalue weighted by molar-refractivity contribution is 6.31. The lowest BCUT2D eigenvalue weighted by atomic mass is 10.0. The molecule has 1 aromatic rings. The van der Waals surface area contributed by atoms with E-state index in [1.807, 2.05) is 20.9 Å². The Morgan fingerprint density at radius 1 is 1.50 bits per heavy atom. The molecule has 0 aromatic heterocycles. The third-order valence-electron chi connectivity index (χ3n) is 2.39. The minimum atomic E-state index is -0.241. The molecule has 16 heavy (non-hydrogen) atoms. The molecule has 1 unspecified atom stereocenters. The molecule has 0 saturated heterocycles. The average Bonchev–Trinajstić information content (AvgIpc) is 2.21. The molecule has 0 spiro atoms. The summed E-state index contributed by atoms with van der Waals surface area (Å²) >= 11 is 5.98. The first-order valence-electron chi connectivity index (χ1n) is 5.29. The lowest BCUT2D eigenvalue weighted by molar-refractivity contribution is 0.585. The van der Waals surface area contributed by atoms with Crippen molar-refractivity contribution < 1.29 is 4.39 Å². The van der Waals surface area contributed by atoms with Gasteiger partial charge in [-0.15, -0.1) is 0 Å². The van der Waals surface area contributed by atoms with Gasteiger partial charge in [-0.1, -0.05) is 29.3 Å². The highest BCUT2D eigenvalue weighted by Gasteiger charge is 2.11. The maximum atomic E-state index is 13.6. The minimum Gasteiger partial charge on any atom is -0.313 e. The summed E-state index contributed by atoms with van der Waals surface area (Å²) in [6.45, 7) is 4.04. The van der Waals surface area contributed by atoms with E-state index in [2.05, 4.69) is 11.4 Å². The summed E-state index contributed by atoms with van der Waals surface area (Å²) in [5.41, 5.74) is 1.77. The van der Waals surface area contributed by atoms with Gasteiger partial charge in [0.1, 0.15) is 5.82 Å². The number of hydrogen-bond donors (Lipinski definition) is 1. The lowest BCUT2D eigenvalue weighted by Crippen LogP contribution is -2.26. The van der Waals surface area contributed by atoms with Gasteiger partial charge in [0, 0.05) is 16.6 Å². The summed E-state index contributed by atoms with van der Waals surface area (Å²) in [6, 6.07) is 4.89. The zero-order valence-electron chi connectivity index (χ0n) is 9.85. The third-order valence-corrected chi connectivity index (χ3v) is 2.75. The van der Waals surface area contributed by atoms with Gasteiger partial charge < -0.3 is 5.32 Å². The van der Waals surface area contributed by atoms with E-state index in [0.29, 0.717) is 17.0 Å². The van der Waals surface area contributed by atoms with Crippen LogP contribution in [0.5, 0.6) is 0 Å². The highest BCUT2D eigenvalue weighted by atomic mass is 35.5. The zero-order valence-corrected chi connectivity index (χ0v) is 10.6. The minimum absolute atomic E-state index is 0.111. The molecular weight excluding hydrogens is 225 g/mol. The highest BCUT2D eigenvalue weighted by Crippen LogP contribution is 2.20. The summed E-state index contributed by atoms with van der Waals surface area (Å²) in [5, 5.41) is 3.62. The van der Waals surface area contributed by atoms with Crippen molar-refractivity contribution in [3.05, 3.63) is 46.3 Å². The second kappa shape index (κ2) is 6.02. The Balaban J connectivity index is 2.90. The van der Waals surface area contributed by atoms with Crippen LogP contribution in [-0.4, -0.2) is 13.1 Å². The number of halogens is 2. The molecule has 1 aromatic carbocycles. The van der Waals surface area contributed by atoms with Crippen LogP contribution in [0.25, 0.3) is 0 Å². The first kappa shape index (κ1) is 13.2. The van der Waals surface area contributed by atoms with Gasteiger partial charge in [-0.25, -0.2) is 4.39 Å². The summed E-state index contributed by atoms with van der Waals surface area (Å²) < 4.78 is 13.6. The Hall–Kier alpha value is -0.860. The van der Waals surface area contributed by atoms with Crippen LogP contribution in [-0.2, 0) is 6.42 Å². The fourth-order valence-corrected chi connectivity index (χ4v) is 1.83. The summed E-state index contributed by atoms with van der Waals surface area (Å²) in [5.74, 6) is -0.241. The predicted molar refractivity (Wildman–Crippen MR) is 67.4 cm³/mol. The van der Waals surface area contributed by atoms with Crippen LogP contribution >= 0.6 is 11.6 Å². The largest absolute Gasteiger partial charge is 0.313 e. The number of nitrogens with one attached hydrogen (secondary N) is 1. The van der Waals surface area contributed by atoms with Crippen molar-refractivity contribution in [1.29, 1.82) is 0 Å². The number of likely N-dealkylation sites (N-methyl/N-ethyl adjacent to an activating group) is 1. The van der Waals surface area contributed by atoms with Gasteiger partial charge >= 0.3 is 0 Å². The summed E-state index contributed by atoms with van der Waals surface area (Å²) in [4.78, 5) is 0. The lowest BCUT2D eigenvalue weighted by Gasteiger charge is -2.14. The Labute approximate surface area is 101 Å². The predicted octanol–water partition coefficient (Wildman–Crippen LogP) is 3.58. The monoisotopic (exact) mass is 241 g/mol. The molecule has 0 bridgehead atoms. The van der Waals surface area contributed by atoms with Crippen LogP contribution in [0.15, 0.2) is 29.8 Å². The molecule has 1 N–H and O–H groups in total. The topological polar surface area (TPSA) is 12.0 Å². The molecule has 0 saturated carbocycles. The standard InChI is InChI=1S/C13H17ClFN/c1-9(2)7-10(16-3)8-11-12(14)5-4-6-13(11)15/h4-7,10,16H,8H2,1-3H3. The maximum Gasteiger partial charge on any atom is 0.127 e. The molecule has 0 heterocycles. The second-order valence-corrected chi connectivity index (χ2v) is 4.45. The van der Waals surface area contributed by atoms with Gasteiger partial charge in [0.15, 0.2) is 0 Å². The molecule has 0 aliphatic heterocycles. The quantitative estimate of drug-likeness (QED) is 0.795. The van der Waals surface area contributed by atoms with E-state index in [4.69, 9.17) is 11.6 Å². The van der Waals surface area contributed by atoms with Crippen molar-refractivity contribution >= 4 is 11.6 Å². The van der Waals surface area contributed by atoms with Crippen molar-refractivity contribution in [1.82, 2.24) is 5.32 Å². The number of benzene rings is 1. The van der Waals surface area contributed by atoms with Crippen LogP contribution in [0.1, 0.15) is 19.4 Å². The molecule has 1 atom stereocenters. The smallest absolute Gasteiger partial charge is 0.127 e.